The van der Waals surface area contributed by atoms with Crippen LogP contribution in [0.4, 0.5) is 10.3 Å². The Balaban J connectivity index is 1.74. The van der Waals surface area contributed by atoms with Gasteiger partial charge in [0.2, 0.25) is 5.95 Å². The second kappa shape index (κ2) is 6.52. The van der Waals surface area contributed by atoms with Crippen molar-refractivity contribution >= 4 is 5.95 Å². The summed E-state index contributed by atoms with van der Waals surface area (Å²) in [5.41, 5.74) is 10.8. The number of aryl methyl sites for hydroxylation is 1. The molecule has 2 N–H and O–H groups in total. The lowest BCUT2D eigenvalue weighted by Gasteiger charge is -2.11. The van der Waals surface area contributed by atoms with Gasteiger partial charge in [-0.25, -0.2) is 14.4 Å². The fourth-order valence-corrected chi connectivity index (χ4v) is 3.04. The van der Waals surface area contributed by atoms with Crippen LogP contribution in [0, 0.1) is 12.7 Å². The predicted molar refractivity (Wildman–Crippen MR) is 101 cm³/mol. The molecule has 5 heteroatoms. The van der Waals surface area contributed by atoms with Gasteiger partial charge in [-0.05, 0) is 49.4 Å². The number of aromatic nitrogens is 3. The van der Waals surface area contributed by atoms with E-state index >= 15 is 0 Å². The number of hydrogen-bond acceptors (Lipinski definition) is 4. The molecule has 0 aliphatic heterocycles. The predicted octanol–water partition coefficient (Wildman–Crippen LogP) is 4.44. The van der Waals surface area contributed by atoms with Gasteiger partial charge < -0.3 is 5.73 Å². The lowest BCUT2D eigenvalue weighted by Crippen LogP contribution is -2.02. The van der Waals surface area contributed by atoms with Crippen LogP contribution in [0.1, 0.15) is 17.3 Å². The smallest absolute Gasteiger partial charge is 0.221 e. The number of nitrogen functional groups attached to an aromatic ring is 1. The molecule has 3 aromatic rings. The lowest BCUT2D eigenvalue weighted by molar-refractivity contribution is 0.628. The highest BCUT2D eigenvalue weighted by molar-refractivity contribution is 5.70. The van der Waals surface area contributed by atoms with E-state index in [-0.39, 0.29) is 17.7 Å². The van der Waals surface area contributed by atoms with Crippen molar-refractivity contribution in [1.82, 2.24) is 15.0 Å². The van der Waals surface area contributed by atoms with E-state index in [0.717, 1.165) is 22.5 Å². The number of pyridine rings is 1. The lowest BCUT2D eigenvalue weighted by atomic mass is 10.0. The molecule has 26 heavy (non-hydrogen) atoms. The minimum Gasteiger partial charge on any atom is -0.368 e. The molecule has 1 aromatic carbocycles. The number of halogens is 1. The van der Waals surface area contributed by atoms with Gasteiger partial charge >= 0.3 is 0 Å². The van der Waals surface area contributed by atoms with Gasteiger partial charge in [0.15, 0.2) is 0 Å². The van der Waals surface area contributed by atoms with Crippen LogP contribution in [0.2, 0.25) is 0 Å². The normalized spacial score (nSPS) is 13.5. The third-order valence-electron chi connectivity index (χ3n) is 4.36. The quantitative estimate of drug-likeness (QED) is 0.762. The van der Waals surface area contributed by atoms with Crippen LogP contribution in [0.5, 0.6) is 0 Å². The number of nitrogens with zero attached hydrogens (tertiary/aromatic N) is 3. The van der Waals surface area contributed by atoms with Crippen LogP contribution in [0.15, 0.2) is 66.8 Å². The summed E-state index contributed by atoms with van der Waals surface area (Å²) >= 11 is 0. The summed E-state index contributed by atoms with van der Waals surface area (Å²) in [7, 11) is 0. The second-order valence-corrected chi connectivity index (χ2v) is 6.17. The molecule has 0 amide bonds. The molecule has 0 fully saturated rings. The summed E-state index contributed by atoms with van der Waals surface area (Å²) in [6.07, 6.45) is 8.26. The van der Waals surface area contributed by atoms with Crippen molar-refractivity contribution in [3.8, 4) is 22.5 Å². The van der Waals surface area contributed by atoms with Gasteiger partial charge in [0, 0.05) is 22.7 Å². The maximum atomic E-state index is 13.2. The van der Waals surface area contributed by atoms with E-state index in [1.165, 1.54) is 12.1 Å². The molecule has 2 heterocycles. The number of anilines is 1. The van der Waals surface area contributed by atoms with E-state index < -0.39 is 0 Å². The molecular formula is C21H17FN4. The second-order valence-electron chi connectivity index (χ2n) is 6.17. The highest BCUT2D eigenvalue weighted by atomic mass is 19.1. The van der Waals surface area contributed by atoms with Crippen molar-refractivity contribution in [2.75, 3.05) is 5.73 Å². The summed E-state index contributed by atoms with van der Waals surface area (Å²) in [6.45, 7) is 1.96. The van der Waals surface area contributed by atoms with E-state index in [0.29, 0.717) is 11.4 Å². The van der Waals surface area contributed by atoms with Crippen molar-refractivity contribution < 1.29 is 4.39 Å². The van der Waals surface area contributed by atoms with E-state index in [1.54, 1.807) is 12.1 Å². The third kappa shape index (κ3) is 3.11. The van der Waals surface area contributed by atoms with Crippen molar-refractivity contribution in [3.05, 3.63) is 84.0 Å². The van der Waals surface area contributed by atoms with Gasteiger partial charge in [0.05, 0.1) is 17.1 Å². The Morgan fingerprint density at radius 1 is 0.885 bits per heavy atom. The summed E-state index contributed by atoms with van der Waals surface area (Å²) < 4.78 is 13.2. The highest BCUT2D eigenvalue weighted by Crippen LogP contribution is 2.29. The number of rotatable bonds is 3. The number of hydrogen-bond donors (Lipinski definition) is 1. The molecule has 1 aliphatic carbocycles. The number of benzene rings is 1. The maximum absolute atomic E-state index is 13.2. The van der Waals surface area contributed by atoms with Gasteiger partial charge in [-0.2, -0.15) is 0 Å². The van der Waals surface area contributed by atoms with Crippen molar-refractivity contribution in [3.63, 3.8) is 0 Å². The van der Waals surface area contributed by atoms with E-state index in [1.807, 2.05) is 37.3 Å². The van der Waals surface area contributed by atoms with Crippen LogP contribution in [-0.2, 0) is 0 Å². The molecule has 4 rings (SSSR count). The van der Waals surface area contributed by atoms with E-state index in [9.17, 15) is 4.39 Å². The number of allylic oxidation sites excluding steroid dienone is 4. The molecule has 0 spiro atoms. The van der Waals surface area contributed by atoms with Gasteiger partial charge in [-0.1, -0.05) is 24.3 Å². The first-order chi connectivity index (χ1) is 12.6. The zero-order valence-corrected chi connectivity index (χ0v) is 14.2. The van der Waals surface area contributed by atoms with Crippen LogP contribution >= 0.6 is 0 Å². The average Bonchev–Trinajstić information content (AvgIpc) is 3.16. The molecule has 128 valence electrons. The van der Waals surface area contributed by atoms with Crippen molar-refractivity contribution in [2.45, 2.75) is 12.8 Å². The summed E-state index contributed by atoms with van der Waals surface area (Å²) in [5.74, 6) is 0.0987. The average molecular weight is 344 g/mol. The molecule has 0 atom stereocenters. The Bertz CT molecular complexity index is 1010. The monoisotopic (exact) mass is 344 g/mol. The van der Waals surface area contributed by atoms with E-state index in [4.69, 9.17) is 10.7 Å². The van der Waals surface area contributed by atoms with Crippen molar-refractivity contribution in [2.24, 2.45) is 0 Å². The fraction of sp³-hybridized carbons (Fsp3) is 0.0952. The van der Waals surface area contributed by atoms with Crippen LogP contribution in [-0.4, -0.2) is 15.0 Å². The molecule has 1 aliphatic rings. The van der Waals surface area contributed by atoms with E-state index in [2.05, 4.69) is 22.1 Å². The van der Waals surface area contributed by atoms with Gasteiger partial charge in [0.25, 0.3) is 0 Å². The molecule has 0 saturated heterocycles. The topological polar surface area (TPSA) is 64.7 Å². The number of nitrogens with two attached hydrogens (primary N) is 1. The summed E-state index contributed by atoms with van der Waals surface area (Å²) in [4.78, 5) is 13.4. The largest absolute Gasteiger partial charge is 0.368 e. The highest BCUT2D eigenvalue weighted by Gasteiger charge is 2.14. The van der Waals surface area contributed by atoms with Crippen LogP contribution in [0.25, 0.3) is 22.5 Å². The molecule has 0 bridgehead atoms. The minimum absolute atomic E-state index is 0.173. The van der Waals surface area contributed by atoms with Crippen LogP contribution < -0.4 is 5.73 Å². The summed E-state index contributed by atoms with van der Waals surface area (Å²) in [6, 6.07) is 12.0. The van der Waals surface area contributed by atoms with Gasteiger partial charge in [-0.3, -0.25) is 4.98 Å². The molecule has 0 saturated carbocycles. The molecule has 0 radical (unpaired) electrons. The standard InChI is InChI=1S/C21H17FN4/c1-13-17(10-11-18(24-13)14-4-2-3-5-14)20-12-19(25-21(23)26-20)15-6-8-16(22)9-7-15/h2-12,14H,1H3,(H2,23,25,26). The van der Waals surface area contributed by atoms with Gasteiger partial charge in [-0.15, -0.1) is 0 Å². The first-order valence-corrected chi connectivity index (χ1v) is 8.33. The Kier molecular flexibility index (Phi) is 4.05. The SMILES string of the molecule is Cc1nc(C2C=CC=C2)ccc1-c1cc(-c2ccc(F)cc2)nc(N)n1. The van der Waals surface area contributed by atoms with Crippen LogP contribution in [0.3, 0.4) is 0 Å². The zero-order chi connectivity index (χ0) is 18.1. The minimum atomic E-state index is -0.290. The Morgan fingerprint density at radius 3 is 2.27 bits per heavy atom. The Hall–Kier alpha value is -3.34. The molecule has 4 nitrogen and oxygen atoms in total. The van der Waals surface area contributed by atoms with Crippen molar-refractivity contribution in [1.29, 1.82) is 0 Å². The molecular weight excluding hydrogens is 327 g/mol. The molecule has 2 aromatic heterocycles. The Morgan fingerprint density at radius 2 is 1.58 bits per heavy atom. The maximum Gasteiger partial charge on any atom is 0.221 e. The first kappa shape index (κ1) is 16.1. The van der Waals surface area contributed by atoms with Gasteiger partial charge in [0.1, 0.15) is 5.82 Å². The Labute approximate surface area is 151 Å². The first-order valence-electron chi connectivity index (χ1n) is 8.33. The zero-order valence-electron chi connectivity index (χ0n) is 14.2. The summed E-state index contributed by atoms with van der Waals surface area (Å²) in [5, 5.41) is 0. The fourth-order valence-electron chi connectivity index (χ4n) is 3.04. The third-order valence-corrected chi connectivity index (χ3v) is 4.36. The molecule has 0 unspecified atom stereocenters.